The molecule has 1 aromatic carbocycles. The van der Waals surface area contributed by atoms with E-state index in [-0.39, 0.29) is 0 Å². The van der Waals surface area contributed by atoms with Crippen LogP contribution in [0, 0.1) is 0 Å². The van der Waals surface area contributed by atoms with Gasteiger partial charge in [-0.1, -0.05) is 65.4 Å². The maximum absolute atomic E-state index is 12.5. The van der Waals surface area contributed by atoms with Crippen LogP contribution in [0.25, 0.3) is 0 Å². The molecule has 0 unspecified atom stereocenters. The minimum atomic E-state index is -0.443. The van der Waals surface area contributed by atoms with Crippen molar-refractivity contribution >= 4 is 11.9 Å². The Bertz CT molecular complexity index is 551. The molecule has 0 saturated heterocycles. The van der Waals surface area contributed by atoms with Gasteiger partial charge in [-0.25, -0.2) is 9.59 Å². The van der Waals surface area contributed by atoms with Crippen molar-refractivity contribution in [3.05, 3.63) is 34.9 Å². The average Bonchev–Trinajstić information content (AvgIpc) is 2.66. The van der Waals surface area contributed by atoms with Crippen molar-refractivity contribution in [1.29, 1.82) is 0 Å². The third-order valence-corrected chi connectivity index (χ3v) is 4.39. The molecule has 0 atom stereocenters. The molecular formula is C22H34O4. The Labute approximate surface area is 158 Å². The molecule has 0 fully saturated rings. The Morgan fingerprint density at radius 3 is 1.77 bits per heavy atom. The van der Waals surface area contributed by atoms with E-state index in [2.05, 4.69) is 13.8 Å². The maximum Gasteiger partial charge on any atom is 0.339 e. The van der Waals surface area contributed by atoms with Gasteiger partial charge in [0, 0.05) is 0 Å². The van der Waals surface area contributed by atoms with Gasteiger partial charge in [0.2, 0.25) is 0 Å². The van der Waals surface area contributed by atoms with Gasteiger partial charge in [-0.3, -0.25) is 0 Å². The molecule has 0 heterocycles. The molecule has 146 valence electrons. The van der Waals surface area contributed by atoms with Gasteiger partial charge < -0.3 is 9.47 Å². The van der Waals surface area contributed by atoms with E-state index in [1.165, 1.54) is 0 Å². The Balaban J connectivity index is 2.69. The predicted octanol–water partition coefficient (Wildman–Crippen LogP) is 5.72. The van der Waals surface area contributed by atoms with Crippen LogP contribution in [0.4, 0.5) is 0 Å². The third kappa shape index (κ3) is 8.03. The van der Waals surface area contributed by atoms with Gasteiger partial charge in [0.05, 0.1) is 24.3 Å². The van der Waals surface area contributed by atoms with Crippen molar-refractivity contribution < 1.29 is 19.1 Å². The average molecular weight is 363 g/mol. The third-order valence-electron chi connectivity index (χ3n) is 4.39. The summed E-state index contributed by atoms with van der Waals surface area (Å²) in [6, 6.07) is 5.30. The lowest BCUT2D eigenvalue weighted by Crippen LogP contribution is -2.15. The number of carbonyl (C=O) groups excluding carboxylic acids is 2. The summed E-state index contributed by atoms with van der Waals surface area (Å²) < 4.78 is 10.7. The Hall–Kier alpha value is -1.84. The van der Waals surface area contributed by atoms with Gasteiger partial charge in [-0.15, -0.1) is 0 Å². The summed E-state index contributed by atoms with van der Waals surface area (Å²) in [7, 11) is 0. The number of benzene rings is 1. The summed E-state index contributed by atoms with van der Waals surface area (Å²) in [4.78, 5) is 24.8. The molecule has 0 bridgehead atoms. The monoisotopic (exact) mass is 362 g/mol. The highest BCUT2D eigenvalue weighted by molar-refractivity contribution is 6.03. The quantitative estimate of drug-likeness (QED) is 0.332. The van der Waals surface area contributed by atoms with E-state index in [0.29, 0.717) is 24.3 Å². The summed E-state index contributed by atoms with van der Waals surface area (Å²) in [5, 5.41) is 0. The molecule has 0 aromatic heterocycles. The zero-order valence-electron chi connectivity index (χ0n) is 16.6. The van der Waals surface area contributed by atoms with Crippen LogP contribution < -0.4 is 0 Å². The van der Waals surface area contributed by atoms with E-state index in [1.807, 2.05) is 13.0 Å². The molecule has 1 rings (SSSR count). The van der Waals surface area contributed by atoms with Crippen molar-refractivity contribution in [1.82, 2.24) is 0 Å². The summed E-state index contributed by atoms with van der Waals surface area (Å²) in [6.07, 6.45) is 9.14. The van der Waals surface area contributed by atoms with Crippen LogP contribution in [-0.4, -0.2) is 25.2 Å². The first-order valence-electron chi connectivity index (χ1n) is 10.1. The standard InChI is InChI=1S/C22H34O4/c1-4-7-9-11-15-25-21(23)19-14-13-18(6-3)17-20(19)22(24)26-16-12-10-8-5-2/h13-14,17H,4-12,15-16H2,1-3H3. The molecule has 0 aliphatic carbocycles. The van der Waals surface area contributed by atoms with E-state index in [1.54, 1.807) is 12.1 Å². The normalized spacial score (nSPS) is 10.6. The maximum atomic E-state index is 12.5. The van der Waals surface area contributed by atoms with Crippen LogP contribution in [0.15, 0.2) is 18.2 Å². The molecule has 0 spiro atoms. The first-order valence-corrected chi connectivity index (χ1v) is 10.1. The van der Waals surface area contributed by atoms with Crippen molar-refractivity contribution in [2.75, 3.05) is 13.2 Å². The summed E-state index contributed by atoms with van der Waals surface area (Å²) in [5.74, 6) is -0.878. The van der Waals surface area contributed by atoms with Crippen LogP contribution in [0.3, 0.4) is 0 Å². The number of aryl methyl sites for hydroxylation is 1. The second-order valence-corrected chi connectivity index (χ2v) is 6.63. The van der Waals surface area contributed by atoms with E-state index < -0.39 is 11.9 Å². The summed E-state index contributed by atoms with van der Waals surface area (Å²) in [5.41, 5.74) is 1.62. The molecule has 0 saturated carbocycles. The van der Waals surface area contributed by atoms with Gasteiger partial charge in [-0.2, -0.15) is 0 Å². The van der Waals surface area contributed by atoms with Crippen molar-refractivity contribution in [3.8, 4) is 0 Å². The van der Waals surface area contributed by atoms with Gasteiger partial charge in [-0.05, 0) is 37.0 Å². The number of ether oxygens (including phenoxy) is 2. The SMILES string of the molecule is CCCCCCOC(=O)c1ccc(CC)cc1C(=O)OCCCCCC. The zero-order chi connectivity index (χ0) is 19.2. The van der Waals surface area contributed by atoms with Crippen LogP contribution in [0.2, 0.25) is 0 Å². The number of hydrogen-bond donors (Lipinski definition) is 0. The fourth-order valence-corrected chi connectivity index (χ4v) is 2.70. The number of carbonyl (C=O) groups is 2. The highest BCUT2D eigenvalue weighted by Crippen LogP contribution is 2.16. The lowest BCUT2D eigenvalue weighted by molar-refractivity contribution is 0.0450. The highest BCUT2D eigenvalue weighted by Gasteiger charge is 2.20. The van der Waals surface area contributed by atoms with Gasteiger partial charge in [0.1, 0.15) is 0 Å². The molecule has 26 heavy (non-hydrogen) atoms. The molecule has 0 aliphatic heterocycles. The minimum absolute atomic E-state index is 0.302. The molecule has 0 N–H and O–H groups in total. The van der Waals surface area contributed by atoms with E-state index in [4.69, 9.17) is 9.47 Å². The van der Waals surface area contributed by atoms with Crippen molar-refractivity contribution in [2.45, 2.75) is 78.6 Å². The molecule has 4 heteroatoms. The number of unbranched alkanes of at least 4 members (excludes halogenated alkanes) is 6. The lowest BCUT2D eigenvalue weighted by Gasteiger charge is -2.11. The zero-order valence-corrected chi connectivity index (χ0v) is 16.6. The molecule has 4 nitrogen and oxygen atoms in total. The van der Waals surface area contributed by atoms with E-state index in [0.717, 1.165) is 63.4 Å². The molecule has 0 amide bonds. The van der Waals surface area contributed by atoms with Crippen molar-refractivity contribution in [2.24, 2.45) is 0 Å². The summed E-state index contributed by atoms with van der Waals surface area (Å²) in [6.45, 7) is 7.07. The van der Waals surface area contributed by atoms with Crippen LogP contribution in [0.1, 0.15) is 98.4 Å². The fraction of sp³-hybridized carbons (Fsp3) is 0.636. The minimum Gasteiger partial charge on any atom is -0.462 e. The highest BCUT2D eigenvalue weighted by atomic mass is 16.5. The Morgan fingerprint density at radius 1 is 0.731 bits per heavy atom. The molecule has 0 radical (unpaired) electrons. The topological polar surface area (TPSA) is 52.6 Å². The number of rotatable bonds is 13. The van der Waals surface area contributed by atoms with E-state index in [9.17, 15) is 9.59 Å². The predicted molar refractivity (Wildman–Crippen MR) is 105 cm³/mol. The number of hydrogen-bond acceptors (Lipinski definition) is 4. The fourth-order valence-electron chi connectivity index (χ4n) is 2.70. The van der Waals surface area contributed by atoms with Crippen LogP contribution >= 0.6 is 0 Å². The van der Waals surface area contributed by atoms with Gasteiger partial charge >= 0.3 is 11.9 Å². The first kappa shape index (κ1) is 22.2. The van der Waals surface area contributed by atoms with Gasteiger partial charge in [0.15, 0.2) is 0 Å². The van der Waals surface area contributed by atoms with Gasteiger partial charge in [0.25, 0.3) is 0 Å². The molecule has 0 aliphatic rings. The smallest absolute Gasteiger partial charge is 0.339 e. The second-order valence-electron chi connectivity index (χ2n) is 6.63. The lowest BCUT2D eigenvalue weighted by atomic mass is 10.0. The Kier molecular flexibility index (Phi) is 11.4. The van der Waals surface area contributed by atoms with E-state index >= 15 is 0 Å². The Morgan fingerprint density at radius 2 is 1.27 bits per heavy atom. The van der Waals surface area contributed by atoms with Crippen LogP contribution in [-0.2, 0) is 15.9 Å². The summed E-state index contributed by atoms with van der Waals surface area (Å²) >= 11 is 0. The van der Waals surface area contributed by atoms with Crippen LogP contribution in [0.5, 0.6) is 0 Å². The largest absolute Gasteiger partial charge is 0.462 e. The first-order chi connectivity index (χ1) is 12.6. The number of esters is 2. The van der Waals surface area contributed by atoms with Crippen molar-refractivity contribution in [3.63, 3.8) is 0 Å². The molecular weight excluding hydrogens is 328 g/mol. The molecule has 1 aromatic rings. The second kappa shape index (κ2) is 13.4.